The SMILES string of the molecule is CNCC(=O)c1cc(C)c(C)c(Cl)c1. The van der Waals surface area contributed by atoms with Gasteiger partial charge in [-0.05, 0) is 44.2 Å². The van der Waals surface area contributed by atoms with E-state index in [1.807, 2.05) is 19.9 Å². The number of Topliss-reactive ketones (excluding diaryl/α,β-unsaturated/α-hetero) is 1. The molecule has 1 rings (SSSR count). The molecule has 1 aromatic rings. The van der Waals surface area contributed by atoms with Crippen LogP contribution < -0.4 is 5.32 Å². The summed E-state index contributed by atoms with van der Waals surface area (Å²) in [6, 6.07) is 3.60. The van der Waals surface area contributed by atoms with E-state index in [0.717, 1.165) is 11.1 Å². The molecular formula is C11H14ClNO. The average Bonchev–Trinajstić information content (AvgIpc) is 2.13. The zero-order valence-electron chi connectivity index (χ0n) is 8.65. The van der Waals surface area contributed by atoms with E-state index in [0.29, 0.717) is 17.1 Å². The van der Waals surface area contributed by atoms with Crippen LogP contribution in [0.5, 0.6) is 0 Å². The number of likely N-dealkylation sites (N-methyl/N-ethyl adjacent to an activating group) is 1. The molecule has 0 fully saturated rings. The van der Waals surface area contributed by atoms with Gasteiger partial charge >= 0.3 is 0 Å². The van der Waals surface area contributed by atoms with Crippen LogP contribution in [0.1, 0.15) is 21.5 Å². The fourth-order valence-corrected chi connectivity index (χ4v) is 1.51. The van der Waals surface area contributed by atoms with Crippen LogP contribution in [0.2, 0.25) is 5.02 Å². The standard InChI is InChI=1S/C11H14ClNO/c1-7-4-9(11(14)6-13-3)5-10(12)8(7)2/h4-5,13H,6H2,1-3H3. The molecule has 3 heteroatoms. The predicted octanol–water partition coefficient (Wildman–Crippen LogP) is 2.36. The van der Waals surface area contributed by atoms with Crippen molar-refractivity contribution in [2.45, 2.75) is 13.8 Å². The number of aryl methyl sites for hydroxylation is 1. The molecule has 0 unspecified atom stereocenters. The van der Waals surface area contributed by atoms with Crippen LogP contribution in [0.25, 0.3) is 0 Å². The summed E-state index contributed by atoms with van der Waals surface area (Å²) in [5.74, 6) is 0.0671. The van der Waals surface area contributed by atoms with Gasteiger partial charge in [-0.15, -0.1) is 0 Å². The normalized spacial score (nSPS) is 10.3. The van der Waals surface area contributed by atoms with Gasteiger partial charge in [0.1, 0.15) is 0 Å². The lowest BCUT2D eigenvalue weighted by atomic mass is 10.0. The summed E-state index contributed by atoms with van der Waals surface area (Å²) in [6.07, 6.45) is 0. The second-order valence-electron chi connectivity index (χ2n) is 3.35. The van der Waals surface area contributed by atoms with Crippen LogP contribution >= 0.6 is 11.6 Å². The van der Waals surface area contributed by atoms with Crippen LogP contribution in [0.4, 0.5) is 0 Å². The zero-order valence-corrected chi connectivity index (χ0v) is 9.40. The van der Waals surface area contributed by atoms with Crippen LogP contribution in [-0.4, -0.2) is 19.4 Å². The number of ketones is 1. The molecule has 0 aliphatic carbocycles. The number of nitrogens with one attached hydrogen (secondary N) is 1. The van der Waals surface area contributed by atoms with E-state index in [-0.39, 0.29) is 5.78 Å². The molecule has 14 heavy (non-hydrogen) atoms. The smallest absolute Gasteiger partial charge is 0.176 e. The first-order valence-electron chi connectivity index (χ1n) is 4.50. The predicted molar refractivity (Wildman–Crippen MR) is 59.2 cm³/mol. The van der Waals surface area contributed by atoms with E-state index >= 15 is 0 Å². The Hall–Kier alpha value is -0.860. The highest BCUT2D eigenvalue weighted by molar-refractivity contribution is 6.31. The lowest BCUT2D eigenvalue weighted by Gasteiger charge is -2.06. The quantitative estimate of drug-likeness (QED) is 0.778. The van der Waals surface area contributed by atoms with Crippen molar-refractivity contribution in [1.82, 2.24) is 5.32 Å². The highest BCUT2D eigenvalue weighted by Crippen LogP contribution is 2.21. The summed E-state index contributed by atoms with van der Waals surface area (Å²) >= 11 is 5.99. The monoisotopic (exact) mass is 211 g/mol. The van der Waals surface area contributed by atoms with Crippen molar-refractivity contribution in [1.29, 1.82) is 0 Å². The van der Waals surface area contributed by atoms with Crippen LogP contribution in [0.3, 0.4) is 0 Å². The third-order valence-electron chi connectivity index (χ3n) is 2.26. The van der Waals surface area contributed by atoms with E-state index in [4.69, 9.17) is 11.6 Å². The van der Waals surface area contributed by atoms with E-state index < -0.39 is 0 Å². The van der Waals surface area contributed by atoms with Crippen molar-refractivity contribution >= 4 is 17.4 Å². The van der Waals surface area contributed by atoms with Crippen molar-refractivity contribution in [3.63, 3.8) is 0 Å². The summed E-state index contributed by atoms with van der Waals surface area (Å²) in [7, 11) is 1.75. The average molecular weight is 212 g/mol. The summed E-state index contributed by atoms with van der Waals surface area (Å²) in [5.41, 5.74) is 2.76. The molecule has 0 saturated heterocycles. The molecule has 0 spiro atoms. The Morgan fingerprint density at radius 2 is 2.07 bits per heavy atom. The highest BCUT2D eigenvalue weighted by atomic mass is 35.5. The Morgan fingerprint density at radius 3 is 2.57 bits per heavy atom. The molecule has 0 saturated carbocycles. The van der Waals surface area contributed by atoms with E-state index in [1.165, 1.54) is 0 Å². The first-order valence-corrected chi connectivity index (χ1v) is 4.88. The van der Waals surface area contributed by atoms with Gasteiger partial charge in [0.2, 0.25) is 0 Å². The molecular weight excluding hydrogens is 198 g/mol. The maximum Gasteiger partial charge on any atom is 0.176 e. The number of halogens is 1. The molecule has 76 valence electrons. The minimum Gasteiger partial charge on any atom is -0.313 e. The van der Waals surface area contributed by atoms with Gasteiger partial charge in [0.15, 0.2) is 5.78 Å². The molecule has 1 aromatic carbocycles. The minimum absolute atomic E-state index is 0.0671. The van der Waals surface area contributed by atoms with E-state index in [1.54, 1.807) is 13.1 Å². The van der Waals surface area contributed by atoms with E-state index in [9.17, 15) is 4.79 Å². The molecule has 0 aliphatic rings. The van der Waals surface area contributed by atoms with Crippen LogP contribution in [0, 0.1) is 13.8 Å². The molecule has 0 atom stereocenters. The van der Waals surface area contributed by atoms with Crippen LogP contribution in [0.15, 0.2) is 12.1 Å². The van der Waals surface area contributed by atoms with Gasteiger partial charge in [-0.3, -0.25) is 4.79 Å². The fourth-order valence-electron chi connectivity index (χ4n) is 1.24. The summed E-state index contributed by atoms with van der Waals surface area (Å²) < 4.78 is 0. The largest absolute Gasteiger partial charge is 0.313 e. The van der Waals surface area contributed by atoms with E-state index in [2.05, 4.69) is 5.32 Å². The Kier molecular flexibility index (Phi) is 3.67. The third-order valence-corrected chi connectivity index (χ3v) is 2.66. The Morgan fingerprint density at radius 1 is 1.43 bits per heavy atom. The molecule has 2 nitrogen and oxygen atoms in total. The first kappa shape index (κ1) is 11.2. The summed E-state index contributed by atoms with van der Waals surface area (Å²) in [6.45, 7) is 4.25. The van der Waals surface area contributed by atoms with Crippen molar-refractivity contribution in [3.8, 4) is 0 Å². The van der Waals surface area contributed by atoms with Gasteiger partial charge in [0, 0.05) is 10.6 Å². The minimum atomic E-state index is 0.0671. The van der Waals surface area contributed by atoms with Gasteiger partial charge in [-0.25, -0.2) is 0 Å². The number of carbonyl (C=O) groups is 1. The summed E-state index contributed by atoms with van der Waals surface area (Å²) in [4.78, 5) is 11.5. The second kappa shape index (κ2) is 4.58. The molecule has 0 bridgehead atoms. The number of carbonyl (C=O) groups excluding carboxylic acids is 1. The van der Waals surface area contributed by atoms with Crippen molar-refractivity contribution in [2.24, 2.45) is 0 Å². The lowest BCUT2D eigenvalue weighted by molar-refractivity contribution is 0.0993. The lowest BCUT2D eigenvalue weighted by Crippen LogP contribution is -2.18. The van der Waals surface area contributed by atoms with Crippen molar-refractivity contribution in [2.75, 3.05) is 13.6 Å². The summed E-state index contributed by atoms with van der Waals surface area (Å²) in [5, 5.41) is 3.48. The number of hydrogen-bond acceptors (Lipinski definition) is 2. The van der Waals surface area contributed by atoms with Crippen molar-refractivity contribution in [3.05, 3.63) is 33.8 Å². The maximum absolute atomic E-state index is 11.5. The second-order valence-corrected chi connectivity index (χ2v) is 3.76. The molecule has 0 radical (unpaired) electrons. The number of hydrogen-bond donors (Lipinski definition) is 1. The Labute approximate surface area is 89.3 Å². The van der Waals surface area contributed by atoms with Gasteiger partial charge in [0.25, 0.3) is 0 Å². The molecule has 1 N–H and O–H groups in total. The molecule has 0 aliphatic heterocycles. The molecule has 0 heterocycles. The molecule has 0 aromatic heterocycles. The number of rotatable bonds is 3. The number of benzene rings is 1. The zero-order chi connectivity index (χ0) is 10.7. The highest BCUT2D eigenvalue weighted by Gasteiger charge is 2.08. The Bertz CT molecular complexity index is 337. The fraction of sp³-hybridized carbons (Fsp3) is 0.364. The van der Waals surface area contributed by atoms with Gasteiger partial charge < -0.3 is 5.32 Å². The van der Waals surface area contributed by atoms with Gasteiger partial charge in [-0.1, -0.05) is 11.6 Å². The first-order chi connectivity index (χ1) is 6.56. The maximum atomic E-state index is 11.5. The van der Waals surface area contributed by atoms with Crippen LogP contribution in [-0.2, 0) is 0 Å². The Balaban J connectivity index is 3.06. The third kappa shape index (κ3) is 2.34. The van der Waals surface area contributed by atoms with Gasteiger partial charge in [-0.2, -0.15) is 0 Å². The van der Waals surface area contributed by atoms with Crippen molar-refractivity contribution < 1.29 is 4.79 Å². The molecule has 0 amide bonds. The van der Waals surface area contributed by atoms with Gasteiger partial charge in [0.05, 0.1) is 6.54 Å². The topological polar surface area (TPSA) is 29.1 Å².